The molecule has 0 bridgehead atoms. The Morgan fingerprint density at radius 3 is 2.47 bits per heavy atom. The summed E-state index contributed by atoms with van der Waals surface area (Å²) in [5, 5.41) is 13.4. The van der Waals surface area contributed by atoms with E-state index >= 15 is 0 Å². The molecule has 1 aliphatic heterocycles. The van der Waals surface area contributed by atoms with E-state index < -0.39 is 6.10 Å². The quantitative estimate of drug-likeness (QED) is 0.764. The number of hydrogen-bond acceptors (Lipinski definition) is 3. The Balaban J connectivity index is 1.50. The molecule has 1 fully saturated rings. The second kappa shape index (κ2) is 10.3. The number of aryl methyl sites for hydroxylation is 1. The fraction of sp³-hybridized carbons (Fsp3) is 0.417. The number of benzene rings is 2. The molecule has 0 aromatic heterocycles. The average Bonchev–Trinajstić information content (AvgIpc) is 2.77. The third-order valence-corrected chi connectivity index (χ3v) is 5.60. The summed E-state index contributed by atoms with van der Waals surface area (Å²) >= 11 is 0. The van der Waals surface area contributed by atoms with E-state index in [1.807, 2.05) is 54.6 Å². The number of urea groups is 1. The molecule has 1 atom stereocenters. The van der Waals surface area contributed by atoms with Crippen LogP contribution < -0.4 is 5.32 Å². The lowest BCUT2D eigenvalue weighted by Gasteiger charge is -2.33. The average molecular weight is 410 g/mol. The van der Waals surface area contributed by atoms with Crippen LogP contribution in [0.4, 0.5) is 10.5 Å². The van der Waals surface area contributed by atoms with Crippen LogP contribution in [0.25, 0.3) is 0 Å². The molecule has 2 aromatic carbocycles. The Morgan fingerprint density at radius 2 is 1.80 bits per heavy atom. The largest absolute Gasteiger partial charge is 0.388 e. The summed E-state index contributed by atoms with van der Waals surface area (Å²) < 4.78 is 0. The van der Waals surface area contributed by atoms with Gasteiger partial charge in [-0.25, -0.2) is 4.79 Å². The number of nitrogens with one attached hydrogen (secondary N) is 1. The van der Waals surface area contributed by atoms with Crippen LogP contribution in [0.3, 0.4) is 0 Å². The zero-order valence-electron chi connectivity index (χ0n) is 17.8. The number of aliphatic hydroxyl groups excluding tert-OH is 1. The van der Waals surface area contributed by atoms with Crippen molar-refractivity contribution in [3.63, 3.8) is 0 Å². The summed E-state index contributed by atoms with van der Waals surface area (Å²) in [5.41, 5.74) is 2.77. The van der Waals surface area contributed by atoms with Gasteiger partial charge >= 0.3 is 6.03 Å². The van der Waals surface area contributed by atoms with Crippen LogP contribution in [-0.4, -0.2) is 54.0 Å². The number of likely N-dealkylation sites (tertiary alicyclic amines) is 1. The van der Waals surface area contributed by atoms with Crippen molar-refractivity contribution >= 4 is 17.6 Å². The zero-order valence-corrected chi connectivity index (χ0v) is 17.8. The number of hydrogen-bond donors (Lipinski definition) is 2. The molecule has 0 unspecified atom stereocenters. The van der Waals surface area contributed by atoms with E-state index in [0.29, 0.717) is 32.4 Å². The molecule has 1 heterocycles. The molecule has 6 heteroatoms. The van der Waals surface area contributed by atoms with Gasteiger partial charge in [-0.2, -0.15) is 0 Å². The van der Waals surface area contributed by atoms with Gasteiger partial charge in [0, 0.05) is 38.8 Å². The van der Waals surface area contributed by atoms with Crippen molar-refractivity contribution in [1.82, 2.24) is 9.80 Å². The van der Waals surface area contributed by atoms with E-state index in [2.05, 4.69) is 5.32 Å². The minimum absolute atomic E-state index is 0.000695. The van der Waals surface area contributed by atoms with Gasteiger partial charge in [0.15, 0.2) is 0 Å². The lowest BCUT2D eigenvalue weighted by atomic mass is 9.96. The Hall–Kier alpha value is -2.86. The van der Waals surface area contributed by atoms with Crippen LogP contribution in [0, 0.1) is 5.92 Å². The summed E-state index contributed by atoms with van der Waals surface area (Å²) in [6.07, 6.45) is 2.20. The third-order valence-electron chi connectivity index (χ3n) is 5.60. The molecule has 160 valence electrons. The predicted octanol–water partition coefficient (Wildman–Crippen LogP) is 3.68. The highest BCUT2D eigenvalue weighted by atomic mass is 16.3. The van der Waals surface area contributed by atoms with Crippen LogP contribution in [0.2, 0.25) is 0 Å². The fourth-order valence-corrected chi connectivity index (χ4v) is 3.81. The highest BCUT2D eigenvalue weighted by Crippen LogP contribution is 2.22. The van der Waals surface area contributed by atoms with Crippen LogP contribution >= 0.6 is 0 Å². The number of nitrogens with zero attached hydrogens (tertiary/aromatic N) is 2. The molecule has 2 N–H and O–H groups in total. The lowest BCUT2D eigenvalue weighted by molar-refractivity contribution is -0.121. The minimum atomic E-state index is -0.500. The summed E-state index contributed by atoms with van der Waals surface area (Å²) in [6, 6.07) is 17.4. The van der Waals surface area contributed by atoms with Crippen molar-refractivity contribution in [2.24, 2.45) is 5.92 Å². The van der Waals surface area contributed by atoms with Crippen molar-refractivity contribution in [2.45, 2.75) is 31.8 Å². The van der Waals surface area contributed by atoms with Crippen molar-refractivity contribution in [3.05, 3.63) is 65.7 Å². The normalized spacial score (nSPS) is 15.5. The Labute approximate surface area is 178 Å². The van der Waals surface area contributed by atoms with Gasteiger partial charge in [-0.15, -0.1) is 0 Å². The Morgan fingerprint density at radius 1 is 1.10 bits per heavy atom. The number of carbonyl (C=O) groups is 2. The standard InChI is InChI=1S/C24H31N3O3/c1-26(2)24(30)27-15-13-20(14-16-27)23(29)25-21-10-6-7-18(17-21)11-12-22(28)19-8-4-3-5-9-19/h3-10,17,20,22,28H,11-16H2,1-2H3,(H,25,29)/t22-/m1/s1. The first-order valence-corrected chi connectivity index (χ1v) is 10.5. The molecule has 30 heavy (non-hydrogen) atoms. The number of piperidine rings is 1. The van der Waals surface area contributed by atoms with E-state index in [9.17, 15) is 14.7 Å². The summed E-state index contributed by atoms with van der Waals surface area (Å²) in [7, 11) is 3.49. The lowest BCUT2D eigenvalue weighted by Crippen LogP contribution is -2.45. The topological polar surface area (TPSA) is 72.9 Å². The van der Waals surface area contributed by atoms with E-state index in [4.69, 9.17) is 0 Å². The first kappa shape index (κ1) is 21.8. The van der Waals surface area contributed by atoms with Crippen molar-refractivity contribution in [2.75, 3.05) is 32.5 Å². The van der Waals surface area contributed by atoms with Gasteiger partial charge in [-0.1, -0.05) is 42.5 Å². The monoisotopic (exact) mass is 409 g/mol. The molecular weight excluding hydrogens is 378 g/mol. The molecule has 0 saturated carbocycles. The molecule has 0 spiro atoms. The van der Waals surface area contributed by atoms with E-state index in [-0.39, 0.29) is 17.9 Å². The van der Waals surface area contributed by atoms with Gasteiger partial charge in [0.2, 0.25) is 5.91 Å². The summed E-state index contributed by atoms with van der Waals surface area (Å²) in [5.74, 6) is -0.0757. The predicted molar refractivity (Wildman–Crippen MR) is 118 cm³/mol. The van der Waals surface area contributed by atoms with E-state index in [0.717, 1.165) is 23.2 Å². The van der Waals surface area contributed by atoms with Crippen LogP contribution in [0.15, 0.2) is 54.6 Å². The summed E-state index contributed by atoms with van der Waals surface area (Å²) in [4.78, 5) is 28.1. The van der Waals surface area contributed by atoms with Crippen molar-refractivity contribution in [3.8, 4) is 0 Å². The maximum atomic E-state index is 12.7. The second-order valence-corrected chi connectivity index (χ2v) is 8.09. The minimum Gasteiger partial charge on any atom is -0.388 e. The first-order chi connectivity index (χ1) is 14.4. The highest BCUT2D eigenvalue weighted by Gasteiger charge is 2.28. The number of carbonyl (C=O) groups excluding carboxylic acids is 2. The van der Waals surface area contributed by atoms with Gasteiger partial charge in [0.05, 0.1) is 6.10 Å². The molecule has 3 amide bonds. The van der Waals surface area contributed by atoms with E-state index in [1.165, 1.54) is 0 Å². The molecule has 1 aliphatic rings. The third kappa shape index (κ3) is 5.83. The molecule has 1 saturated heterocycles. The molecule has 6 nitrogen and oxygen atoms in total. The Kier molecular flexibility index (Phi) is 7.46. The molecular formula is C24H31N3O3. The Bertz CT molecular complexity index is 846. The second-order valence-electron chi connectivity index (χ2n) is 8.09. The maximum Gasteiger partial charge on any atom is 0.319 e. The summed E-state index contributed by atoms with van der Waals surface area (Å²) in [6.45, 7) is 1.21. The van der Waals surface area contributed by atoms with Gasteiger partial charge in [0.25, 0.3) is 0 Å². The van der Waals surface area contributed by atoms with E-state index in [1.54, 1.807) is 23.9 Å². The van der Waals surface area contributed by atoms with Crippen LogP contribution in [-0.2, 0) is 11.2 Å². The number of amides is 3. The SMILES string of the molecule is CN(C)C(=O)N1CCC(C(=O)Nc2cccc(CC[C@@H](O)c3ccccc3)c2)CC1. The van der Waals surface area contributed by atoms with Gasteiger partial charge < -0.3 is 20.2 Å². The van der Waals surface area contributed by atoms with Crippen molar-refractivity contribution in [1.29, 1.82) is 0 Å². The fourth-order valence-electron chi connectivity index (χ4n) is 3.81. The van der Waals surface area contributed by atoms with Gasteiger partial charge in [-0.3, -0.25) is 4.79 Å². The van der Waals surface area contributed by atoms with Gasteiger partial charge in [0.1, 0.15) is 0 Å². The molecule has 3 rings (SSSR count). The number of rotatable bonds is 6. The highest BCUT2D eigenvalue weighted by molar-refractivity contribution is 5.92. The molecule has 2 aromatic rings. The first-order valence-electron chi connectivity index (χ1n) is 10.5. The molecule has 0 aliphatic carbocycles. The number of anilines is 1. The van der Waals surface area contributed by atoms with Crippen molar-refractivity contribution < 1.29 is 14.7 Å². The number of aliphatic hydroxyl groups is 1. The molecule has 0 radical (unpaired) electrons. The zero-order chi connectivity index (χ0) is 21.5. The van der Waals surface area contributed by atoms with Crippen LogP contribution in [0.5, 0.6) is 0 Å². The van der Waals surface area contributed by atoms with Gasteiger partial charge in [-0.05, 0) is 48.9 Å². The maximum absolute atomic E-state index is 12.7. The smallest absolute Gasteiger partial charge is 0.319 e. The van der Waals surface area contributed by atoms with Crippen LogP contribution in [0.1, 0.15) is 36.5 Å².